The molecule has 130 valence electrons. The quantitative estimate of drug-likeness (QED) is 0.629. The standard InChI is InChI=1S/C19H26N2O3/c1-15(16-7-8-18-17(13-16)9-12-23-18)20-24-14-19(22)21-10-5-3-2-4-6-11-21/h7-8,13H,2-6,9-12,14H2,1H3. The molecule has 2 aliphatic rings. The predicted octanol–water partition coefficient (Wildman–Crippen LogP) is 3.15. The number of carbonyl (C=O) groups excluding carboxylic acids is 1. The molecule has 0 bridgehead atoms. The van der Waals surface area contributed by atoms with Crippen molar-refractivity contribution in [3.63, 3.8) is 0 Å². The lowest BCUT2D eigenvalue weighted by molar-refractivity contribution is -0.136. The van der Waals surface area contributed by atoms with E-state index in [4.69, 9.17) is 9.57 Å². The molecule has 0 aromatic heterocycles. The van der Waals surface area contributed by atoms with Crippen molar-refractivity contribution in [1.29, 1.82) is 0 Å². The molecule has 2 heterocycles. The fraction of sp³-hybridized carbons (Fsp3) is 0.579. The van der Waals surface area contributed by atoms with Crippen molar-refractivity contribution in [3.8, 4) is 5.75 Å². The lowest BCUT2D eigenvalue weighted by Gasteiger charge is -2.24. The van der Waals surface area contributed by atoms with E-state index in [9.17, 15) is 4.79 Å². The number of likely N-dealkylation sites (tertiary alicyclic amines) is 1. The molecule has 1 fully saturated rings. The Balaban J connectivity index is 1.52. The van der Waals surface area contributed by atoms with Crippen LogP contribution in [0.5, 0.6) is 5.75 Å². The minimum atomic E-state index is 0.0192. The Morgan fingerprint density at radius 2 is 1.96 bits per heavy atom. The summed E-state index contributed by atoms with van der Waals surface area (Å²) in [7, 11) is 0. The van der Waals surface area contributed by atoms with E-state index < -0.39 is 0 Å². The fourth-order valence-electron chi connectivity index (χ4n) is 3.24. The molecule has 0 N–H and O–H groups in total. The van der Waals surface area contributed by atoms with Crippen LogP contribution < -0.4 is 4.74 Å². The van der Waals surface area contributed by atoms with E-state index in [-0.39, 0.29) is 12.5 Å². The first-order chi connectivity index (χ1) is 11.7. The van der Waals surface area contributed by atoms with Gasteiger partial charge in [-0.3, -0.25) is 4.79 Å². The monoisotopic (exact) mass is 330 g/mol. The van der Waals surface area contributed by atoms with Gasteiger partial charge in [-0.05, 0) is 49.1 Å². The van der Waals surface area contributed by atoms with Crippen LogP contribution in [0.1, 0.15) is 50.2 Å². The summed E-state index contributed by atoms with van der Waals surface area (Å²) in [6, 6.07) is 6.04. The van der Waals surface area contributed by atoms with E-state index in [2.05, 4.69) is 11.2 Å². The van der Waals surface area contributed by atoms with E-state index in [0.29, 0.717) is 0 Å². The summed E-state index contributed by atoms with van der Waals surface area (Å²) < 4.78 is 5.51. The van der Waals surface area contributed by atoms with Crippen LogP contribution in [-0.4, -0.2) is 42.8 Å². The molecule has 2 aliphatic heterocycles. The van der Waals surface area contributed by atoms with Crippen LogP contribution in [0.2, 0.25) is 0 Å². The third-order valence-corrected chi connectivity index (χ3v) is 4.71. The van der Waals surface area contributed by atoms with Gasteiger partial charge in [0, 0.05) is 19.5 Å². The summed E-state index contributed by atoms with van der Waals surface area (Å²) in [5.41, 5.74) is 3.00. The smallest absolute Gasteiger partial charge is 0.263 e. The lowest BCUT2D eigenvalue weighted by Crippen LogP contribution is -2.36. The SMILES string of the molecule is CC(=NOCC(=O)N1CCCCCCC1)c1ccc2c(c1)CCO2. The molecule has 0 aliphatic carbocycles. The van der Waals surface area contributed by atoms with Crippen molar-refractivity contribution in [2.45, 2.75) is 45.4 Å². The van der Waals surface area contributed by atoms with Crippen LogP contribution in [0.15, 0.2) is 23.4 Å². The molecule has 1 amide bonds. The molecule has 0 spiro atoms. The van der Waals surface area contributed by atoms with Gasteiger partial charge in [-0.1, -0.05) is 24.4 Å². The maximum atomic E-state index is 12.2. The normalized spacial score (nSPS) is 18.4. The average Bonchev–Trinajstić information content (AvgIpc) is 3.01. The van der Waals surface area contributed by atoms with Crippen molar-refractivity contribution >= 4 is 11.6 Å². The van der Waals surface area contributed by atoms with Crippen molar-refractivity contribution in [3.05, 3.63) is 29.3 Å². The third kappa shape index (κ3) is 4.28. The Morgan fingerprint density at radius 1 is 1.21 bits per heavy atom. The largest absolute Gasteiger partial charge is 0.493 e. The fourth-order valence-corrected chi connectivity index (χ4v) is 3.24. The Kier molecular flexibility index (Phi) is 5.72. The molecule has 5 nitrogen and oxygen atoms in total. The van der Waals surface area contributed by atoms with Crippen LogP contribution in [0.25, 0.3) is 0 Å². The summed E-state index contributed by atoms with van der Waals surface area (Å²) in [5.74, 6) is 0.996. The summed E-state index contributed by atoms with van der Waals surface area (Å²) in [4.78, 5) is 19.5. The number of ether oxygens (including phenoxy) is 1. The number of rotatable bonds is 4. The highest BCUT2D eigenvalue weighted by molar-refractivity contribution is 5.98. The number of hydrogen-bond acceptors (Lipinski definition) is 4. The molecule has 0 atom stereocenters. The second-order valence-corrected chi connectivity index (χ2v) is 6.52. The second-order valence-electron chi connectivity index (χ2n) is 6.52. The number of oxime groups is 1. The molecule has 3 rings (SSSR count). The van der Waals surface area contributed by atoms with Crippen molar-refractivity contribution in [2.24, 2.45) is 5.16 Å². The molecule has 1 aromatic rings. The van der Waals surface area contributed by atoms with Crippen molar-refractivity contribution in [1.82, 2.24) is 4.90 Å². The molecular formula is C19H26N2O3. The first-order valence-electron chi connectivity index (χ1n) is 8.94. The minimum absolute atomic E-state index is 0.0192. The lowest BCUT2D eigenvalue weighted by atomic mass is 10.1. The molecule has 24 heavy (non-hydrogen) atoms. The highest BCUT2D eigenvalue weighted by Crippen LogP contribution is 2.26. The van der Waals surface area contributed by atoms with Gasteiger partial charge in [0.2, 0.25) is 0 Å². The molecule has 5 heteroatoms. The van der Waals surface area contributed by atoms with Gasteiger partial charge in [-0.15, -0.1) is 0 Å². The highest BCUT2D eigenvalue weighted by atomic mass is 16.6. The van der Waals surface area contributed by atoms with E-state index in [1.165, 1.54) is 24.8 Å². The minimum Gasteiger partial charge on any atom is -0.493 e. The summed E-state index contributed by atoms with van der Waals surface area (Å²) >= 11 is 0. The van der Waals surface area contributed by atoms with Crippen molar-refractivity contribution < 1.29 is 14.4 Å². The predicted molar refractivity (Wildman–Crippen MR) is 93.5 cm³/mol. The van der Waals surface area contributed by atoms with E-state index >= 15 is 0 Å². The Morgan fingerprint density at radius 3 is 2.75 bits per heavy atom. The van der Waals surface area contributed by atoms with E-state index in [0.717, 1.165) is 56.0 Å². The zero-order chi connectivity index (χ0) is 16.8. The summed E-state index contributed by atoms with van der Waals surface area (Å²) in [6.07, 6.45) is 6.82. The van der Waals surface area contributed by atoms with Crippen LogP contribution >= 0.6 is 0 Å². The number of amides is 1. The van der Waals surface area contributed by atoms with Crippen LogP contribution in [0.4, 0.5) is 0 Å². The highest BCUT2D eigenvalue weighted by Gasteiger charge is 2.16. The van der Waals surface area contributed by atoms with Gasteiger partial charge in [-0.2, -0.15) is 0 Å². The van der Waals surface area contributed by atoms with Gasteiger partial charge in [0.25, 0.3) is 5.91 Å². The Labute approximate surface area is 143 Å². The van der Waals surface area contributed by atoms with Crippen LogP contribution in [0.3, 0.4) is 0 Å². The first-order valence-corrected chi connectivity index (χ1v) is 8.94. The number of nitrogens with zero attached hydrogens (tertiary/aromatic N) is 2. The maximum absolute atomic E-state index is 12.2. The van der Waals surface area contributed by atoms with Crippen LogP contribution in [-0.2, 0) is 16.1 Å². The molecule has 0 unspecified atom stereocenters. The van der Waals surface area contributed by atoms with E-state index in [1.54, 1.807) is 0 Å². The van der Waals surface area contributed by atoms with Gasteiger partial charge in [-0.25, -0.2) is 0 Å². The number of benzene rings is 1. The number of hydrogen-bond donors (Lipinski definition) is 0. The Bertz CT molecular complexity index is 605. The summed E-state index contributed by atoms with van der Waals surface area (Å²) in [5, 5.41) is 4.12. The average molecular weight is 330 g/mol. The van der Waals surface area contributed by atoms with Gasteiger partial charge in [0.1, 0.15) is 5.75 Å². The van der Waals surface area contributed by atoms with Gasteiger partial charge in [0.05, 0.1) is 12.3 Å². The third-order valence-electron chi connectivity index (χ3n) is 4.71. The molecule has 1 aromatic carbocycles. The summed E-state index contributed by atoms with van der Waals surface area (Å²) in [6.45, 7) is 4.35. The van der Waals surface area contributed by atoms with E-state index in [1.807, 2.05) is 24.0 Å². The van der Waals surface area contributed by atoms with Gasteiger partial charge >= 0.3 is 0 Å². The zero-order valence-corrected chi connectivity index (χ0v) is 14.4. The number of fused-ring (bicyclic) bond motifs is 1. The van der Waals surface area contributed by atoms with Crippen molar-refractivity contribution in [2.75, 3.05) is 26.3 Å². The molecule has 0 radical (unpaired) electrons. The van der Waals surface area contributed by atoms with Gasteiger partial charge in [0.15, 0.2) is 6.61 Å². The maximum Gasteiger partial charge on any atom is 0.263 e. The first kappa shape index (κ1) is 16.8. The molecule has 1 saturated heterocycles. The zero-order valence-electron chi connectivity index (χ0n) is 14.4. The molecular weight excluding hydrogens is 304 g/mol. The van der Waals surface area contributed by atoms with Gasteiger partial charge < -0.3 is 14.5 Å². The number of carbonyl (C=O) groups is 1. The Hall–Kier alpha value is -2.04. The second kappa shape index (κ2) is 8.18. The topological polar surface area (TPSA) is 51.1 Å². The molecule has 0 saturated carbocycles. The van der Waals surface area contributed by atoms with Crippen LogP contribution in [0, 0.1) is 0 Å².